The molecule has 1 amide bonds. The zero-order valence-electron chi connectivity index (χ0n) is 23.7. The third-order valence-electron chi connectivity index (χ3n) is 8.28. The van der Waals surface area contributed by atoms with Crippen LogP contribution in [0.2, 0.25) is 10.0 Å². The molecule has 2 aliphatic heterocycles. The van der Waals surface area contributed by atoms with E-state index in [1.54, 1.807) is 0 Å². The minimum atomic E-state index is -3.68. The van der Waals surface area contributed by atoms with Crippen molar-refractivity contribution in [3.63, 3.8) is 0 Å². The zero-order valence-corrected chi connectivity index (χ0v) is 26.0. The average Bonchev–Trinajstić information content (AvgIpc) is 2.99. The van der Waals surface area contributed by atoms with Crippen LogP contribution in [0.5, 0.6) is 0 Å². The summed E-state index contributed by atoms with van der Waals surface area (Å²) in [6.45, 7) is 4.07. The summed E-state index contributed by atoms with van der Waals surface area (Å²) >= 11 is 12.7. The van der Waals surface area contributed by atoms with Gasteiger partial charge < -0.3 is 15.6 Å². The highest BCUT2D eigenvalue weighted by Gasteiger charge is 2.28. The number of nitrogens with zero attached hydrogens (tertiary/aromatic N) is 2. The van der Waals surface area contributed by atoms with Gasteiger partial charge in [-0.2, -0.15) is 0 Å². The number of H-pyrrole nitrogens is 1. The molecule has 0 spiro atoms. The molecule has 2 aromatic carbocycles. The molecular formula is C29H34Cl2FN5O5S. The fourth-order valence-corrected chi connectivity index (χ4v) is 7.50. The van der Waals surface area contributed by atoms with Gasteiger partial charge in [-0.1, -0.05) is 30.1 Å². The number of aromatic nitrogens is 2. The Labute approximate surface area is 258 Å². The van der Waals surface area contributed by atoms with Crippen molar-refractivity contribution in [2.24, 2.45) is 5.92 Å². The van der Waals surface area contributed by atoms with Gasteiger partial charge in [0.05, 0.1) is 33.1 Å². The molecule has 2 aliphatic rings. The second-order valence-corrected chi connectivity index (χ2v) is 14.2. The van der Waals surface area contributed by atoms with E-state index in [1.807, 2.05) is 4.90 Å². The molecule has 0 aliphatic carbocycles. The van der Waals surface area contributed by atoms with E-state index in [4.69, 9.17) is 23.2 Å². The SMILES string of the molecule is CCS(=O)(=O)c1ccc(Cl)cc1Cn1c(=O)[nH]c2c(Cl)c(CN3CCC[C@@H](NC(=O)C4CCNCC4)C3)c(F)cc2c1=O. The predicted molar refractivity (Wildman–Crippen MR) is 164 cm³/mol. The quantitative estimate of drug-likeness (QED) is 0.340. The average molecular weight is 655 g/mol. The van der Waals surface area contributed by atoms with Crippen molar-refractivity contribution in [1.82, 2.24) is 25.1 Å². The van der Waals surface area contributed by atoms with Crippen molar-refractivity contribution in [3.05, 3.63) is 72.1 Å². The summed E-state index contributed by atoms with van der Waals surface area (Å²) in [6, 6.07) is 5.12. The molecule has 3 heterocycles. The van der Waals surface area contributed by atoms with Gasteiger partial charge in [-0.15, -0.1) is 0 Å². The van der Waals surface area contributed by atoms with E-state index in [1.165, 1.54) is 25.1 Å². The molecule has 43 heavy (non-hydrogen) atoms. The summed E-state index contributed by atoms with van der Waals surface area (Å²) in [5.74, 6) is -0.844. The zero-order chi connectivity index (χ0) is 30.9. The number of fused-ring (bicyclic) bond motifs is 1. The summed E-state index contributed by atoms with van der Waals surface area (Å²) in [5.41, 5.74) is -1.33. The van der Waals surface area contributed by atoms with Crippen molar-refractivity contribution < 1.29 is 17.6 Å². The lowest BCUT2D eigenvalue weighted by molar-refractivity contribution is -0.126. The number of piperidine rings is 2. The molecule has 2 fully saturated rings. The molecule has 14 heteroatoms. The first-order valence-electron chi connectivity index (χ1n) is 14.4. The van der Waals surface area contributed by atoms with Crippen LogP contribution in [-0.4, -0.2) is 66.7 Å². The third-order valence-corrected chi connectivity index (χ3v) is 10.8. The Morgan fingerprint density at radius 1 is 1.12 bits per heavy atom. The first-order valence-corrected chi connectivity index (χ1v) is 16.8. The van der Waals surface area contributed by atoms with Gasteiger partial charge in [0.15, 0.2) is 9.84 Å². The Balaban J connectivity index is 1.40. The standard InChI is InChI=1S/C29H34Cl2FN5O5S/c1-2-43(41,42)24-6-5-19(30)12-18(24)14-37-28(39)21-13-23(32)22(25(31)26(21)35-29(37)40)16-36-11-3-4-20(15-36)34-27(38)17-7-9-33-10-8-17/h5-6,12-13,17,20,33H,2-4,7-11,14-16H2,1H3,(H,34,38)(H,35,40)/t20-/m1/s1. The van der Waals surface area contributed by atoms with Gasteiger partial charge in [-0.25, -0.2) is 17.6 Å². The van der Waals surface area contributed by atoms with Crippen LogP contribution in [0.4, 0.5) is 4.39 Å². The molecule has 0 radical (unpaired) electrons. The molecule has 5 rings (SSSR count). The number of benzene rings is 2. The number of aromatic amines is 1. The molecular weight excluding hydrogens is 620 g/mol. The molecule has 1 atom stereocenters. The van der Waals surface area contributed by atoms with Gasteiger partial charge in [0.25, 0.3) is 5.56 Å². The van der Waals surface area contributed by atoms with Crippen molar-refractivity contribution in [2.45, 2.75) is 56.6 Å². The number of carbonyl (C=O) groups excluding carboxylic acids is 1. The number of rotatable bonds is 8. The number of nitrogens with one attached hydrogen (secondary N) is 3. The Bertz CT molecular complexity index is 1770. The minimum Gasteiger partial charge on any atom is -0.352 e. The van der Waals surface area contributed by atoms with Crippen LogP contribution in [-0.2, 0) is 27.7 Å². The monoisotopic (exact) mass is 653 g/mol. The molecule has 10 nitrogen and oxygen atoms in total. The van der Waals surface area contributed by atoms with E-state index in [2.05, 4.69) is 15.6 Å². The summed E-state index contributed by atoms with van der Waals surface area (Å²) < 4.78 is 41.6. The molecule has 0 bridgehead atoms. The Hall–Kier alpha value is -2.77. The molecule has 232 valence electrons. The summed E-state index contributed by atoms with van der Waals surface area (Å²) in [6.07, 6.45) is 3.24. The first kappa shape index (κ1) is 31.6. The van der Waals surface area contributed by atoms with Gasteiger partial charge in [0.1, 0.15) is 5.82 Å². The van der Waals surface area contributed by atoms with Crippen LogP contribution in [0, 0.1) is 11.7 Å². The highest BCUT2D eigenvalue weighted by Crippen LogP contribution is 2.29. The second kappa shape index (κ2) is 13.1. The predicted octanol–water partition coefficient (Wildman–Crippen LogP) is 3.06. The number of likely N-dealkylation sites (tertiary alicyclic amines) is 1. The van der Waals surface area contributed by atoms with E-state index < -0.39 is 33.4 Å². The third kappa shape index (κ3) is 6.83. The van der Waals surface area contributed by atoms with Gasteiger partial charge in [-0.3, -0.25) is 19.1 Å². The highest BCUT2D eigenvalue weighted by molar-refractivity contribution is 7.91. The molecule has 3 aromatic rings. The van der Waals surface area contributed by atoms with E-state index in [-0.39, 0.29) is 67.1 Å². The van der Waals surface area contributed by atoms with E-state index in [9.17, 15) is 22.8 Å². The van der Waals surface area contributed by atoms with Gasteiger partial charge in [0, 0.05) is 35.6 Å². The fourth-order valence-electron chi connectivity index (χ4n) is 5.90. The lowest BCUT2D eigenvalue weighted by Gasteiger charge is -2.34. The summed E-state index contributed by atoms with van der Waals surface area (Å²) in [4.78, 5) is 43.8. The van der Waals surface area contributed by atoms with Crippen LogP contribution in [0.1, 0.15) is 43.7 Å². The normalized spacial score (nSPS) is 18.7. The Kier molecular flexibility index (Phi) is 9.62. The van der Waals surface area contributed by atoms with Gasteiger partial charge >= 0.3 is 5.69 Å². The second-order valence-electron chi connectivity index (χ2n) is 11.2. The number of halogens is 3. The Morgan fingerprint density at radius 2 is 1.86 bits per heavy atom. The van der Waals surface area contributed by atoms with Gasteiger partial charge in [-0.05, 0) is 75.1 Å². The first-order chi connectivity index (χ1) is 20.5. The summed E-state index contributed by atoms with van der Waals surface area (Å²) in [5, 5.41) is 6.43. The molecule has 3 N–H and O–H groups in total. The van der Waals surface area contributed by atoms with E-state index in [0.29, 0.717) is 13.1 Å². The van der Waals surface area contributed by atoms with E-state index in [0.717, 1.165) is 49.4 Å². The minimum absolute atomic E-state index is 0.00424. The maximum absolute atomic E-state index is 15.5. The van der Waals surface area contributed by atoms with E-state index >= 15 is 4.39 Å². The number of carbonyl (C=O) groups is 1. The molecule has 0 unspecified atom stereocenters. The fraction of sp³-hybridized carbons (Fsp3) is 0.483. The van der Waals surface area contributed by atoms with Crippen LogP contribution in [0.25, 0.3) is 10.9 Å². The van der Waals surface area contributed by atoms with Crippen molar-refractivity contribution in [3.8, 4) is 0 Å². The maximum atomic E-state index is 15.5. The maximum Gasteiger partial charge on any atom is 0.329 e. The van der Waals surface area contributed by atoms with Crippen molar-refractivity contribution in [2.75, 3.05) is 31.9 Å². The lowest BCUT2D eigenvalue weighted by Crippen LogP contribution is -2.50. The van der Waals surface area contributed by atoms with Gasteiger partial charge in [0.2, 0.25) is 5.91 Å². The highest BCUT2D eigenvalue weighted by atomic mass is 35.5. The molecule has 0 saturated carbocycles. The van der Waals surface area contributed by atoms with Crippen LogP contribution in [0.3, 0.4) is 0 Å². The number of hydrogen-bond donors (Lipinski definition) is 3. The molecule has 2 saturated heterocycles. The van der Waals surface area contributed by atoms with Crippen LogP contribution >= 0.6 is 23.2 Å². The van der Waals surface area contributed by atoms with Crippen LogP contribution in [0.15, 0.2) is 38.8 Å². The topological polar surface area (TPSA) is 133 Å². The number of hydrogen-bond acceptors (Lipinski definition) is 7. The molecule has 1 aromatic heterocycles. The van der Waals surface area contributed by atoms with Crippen molar-refractivity contribution >= 4 is 49.8 Å². The smallest absolute Gasteiger partial charge is 0.329 e. The summed E-state index contributed by atoms with van der Waals surface area (Å²) in [7, 11) is -3.68. The Morgan fingerprint density at radius 3 is 2.58 bits per heavy atom. The number of amides is 1. The largest absolute Gasteiger partial charge is 0.352 e. The number of sulfone groups is 1. The lowest BCUT2D eigenvalue weighted by atomic mass is 9.96. The van der Waals surface area contributed by atoms with Crippen LogP contribution < -0.4 is 21.9 Å². The van der Waals surface area contributed by atoms with Crippen molar-refractivity contribution in [1.29, 1.82) is 0 Å².